The molecule has 2 aromatic carbocycles. The van der Waals surface area contributed by atoms with Crippen LogP contribution in [-0.4, -0.2) is 29.9 Å². The second-order valence-electron chi connectivity index (χ2n) is 6.17. The maximum atomic E-state index is 13.5. The van der Waals surface area contributed by atoms with Crippen molar-refractivity contribution >= 4 is 17.7 Å². The first-order valence-corrected chi connectivity index (χ1v) is 9.13. The fourth-order valence-corrected chi connectivity index (χ4v) is 4.08. The molecule has 2 unspecified atom stereocenters. The summed E-state index contributed by atoms with van der Waals surface area (Å²) < 4.78 is 26.7. The first-order chi connectivity index (χ1) is 12.0. The van der Waals surface area contributed by atoms with E-state index < -0.39 is 16.9 Å². The Morgan fingerprint density at radius 1 is 1.16 bits per heavy atom. The van der Waals surface area contributed by atoms with Gasteiger partial charge in [-0.15, -0.1) is 11.8 Å². The summed E-state index contributed by atoms with van der Waals surface area (Å²) in [5, 5.41) is -0.517. The first-order valence-electron chi connectivity index (χ1n) is 8.25. The van der Waals surface area contributed by atoms with Gasteiger partial charge >= 0.3 is 0 Å². The molecule has 132 valence electrons. The third kappa shape index (κ3) is 4.38. The van der Waals surface area contributed by atoms with Crippen LogP contribution < -0.4 is 5.73 Å². The zero-order valence-corrected chi connectivity index (χ0v) is 14.5. The highest BCUT2D eigenvalue weighted by molar-refractivity contribution is 8.00. The van der Waals surface area contributed by atoms with Gasteiger partial charge < -0.3 is 10.6 Å². The van der Waals surface area contributed by atoms with E-state index in [1.807, 2.05) is 30.3 Å². The Kier molecular flexibility index (Phi) is 5.71. The van der Waals surface area contributed by atoms with E-state index in [0.717, 1.165) is 30.5 Å². The summed E-state index contributed by atoms with van der Waals surface area (Å²) in [5.41, 5.74) is 6.83. The smallest absolute Gasteiger partial charge is 0.240 e. The van der Waals surface area contributed by atoms with E-state index in [1.54, 1.807) is 4.90 Å². The maximum Gasteiger partial charge on any atom is 0.240 e. The molecule has 25 heavy (non-hydrogen) atoms. The Bertz CT molecular complexity index is 741. The number of likely N-dealkylation sites (tertiary alicyclic amines) is 1. The highest BCUT2D eigenvalue weighted by atomic mass is 32.2. The fourth-order valence-electron chi connectivity index (χ4n) is 2.95. The highest BCUT2D eigenvalue weighted by Gasteiger charge is 2.29. The van der Waals surface area contributed by atoms with Gasteiger partial charge in [0.2, 0.25) is 5.91 Å². The van der Waals surface area contributed by atoms with E-state index in [-0.39, 0.29) is 11.9 Å². The number of carbonyl (C=O) groups excluding carboxylic acids is 1. The topological polar surface area (TPSA) is 46.3 Å². The van der Waals surface area contributed by atoms with Crippen LogP contribution in [0.5, 0.6) is 0 Å². The predicted octanol–water partition coefficient (Wildman–Crippen LogP) is 3.75. The Morgan fingerprint density at radius 2 is 1.92 bits per heavy atom. The van der Waals surface area contributed by atoms with Crippen LogP contribution in [0.2, 0.25) is 0 Å². The van der Waals surface area contributed by atoms with Gasteiger partial charge in [-0.3, -0.25) is 4.79 Å². The van der Waals surface area contributed by atoms with Crippen LogP contribution in [0.15, 0.2) is 53.4 Å². The van der Waals surface area contributed by atoms with Crippen LogP contribution in [-0.2, 0) is 4.79 Å². The minimum Gasteiger partial charge on any atom is -0.340 e. The van der Waals surface area contributed by atoms with Crippen molar-refractivity contribution in [3.05, 3.63) is 65.7 Å². The molecule has 2 aromatic rings. The zero-order chi connectivity index (χ0) is 17.8. The van der Waals surface area contributed by atoms with E-state index in [1.165, 1.54) is 17.8 Å². The van der Waals surface area contributed by atoms with Crippen molar-refractivity contribution in [1.29, 1.82) is 0 Å². The molecule has 1 aliphatic rings. The summed E-state index contributed by atoms with van der Waals surface area (Å²) in [5.74, 6) is -1.85. The number of carbonyl (C=O) groups is 1. The molecule has 2 atom stereocenters. The van der Waals surface area contributed by atoms with Gasteiger partial charge in [-0.25, -0.2) is 8.78 Å². The Balaban J connectivity index is 1.87. The van der Waals surface area contributed by atoms with Gasteiger partial charge in [-0.1, -0.05) is 30.3 Å². The number of nitrogens with two attached hydrogens (primary N) is 1. The Labute approximate surface area is 150 Å². The number of thioether (sulfide) groups is 1. The van der Waals surface area contributed by atoms with Crippen LogP contribution in [0, 0.1) is 11.6 Å². The molecule has 6 heteroatoms. The van der Waals surface area contributed by atoms with Crippen LogP contribution in [0.25, 0.3) is 0 Å². The fraction of sp³-hybridized carbons (Fsp3) is 0.316. The summed E-state index contributed by atoms with van der Waals surface area (Å²) in [7, 11) is 0. The van der Waals surface area contributed by atoms with Gasteiger partial charge in [0.1, 0.15) is 5.25 Å². The molecule has 1 amide bonds. The standard InChI is InChI=1S/C19H20F2N2OS/c20-16-9-8-15(11-17(16)21)25-18(13-5-2-1-3-6-13)19(24)23-10-4-7-14(22)12-23/h1-3,5-6,8-9,11,14,18H,4,7,10,12,22H2. The minimum atomic E-state index is -0.913. The monoisotopic (exact) mass is 362 g/mol. The van der Waals surface area contributed by atoms with Crippen molar-refractivity contribution < 1.29 is 13.6 Å². The van der Waals surface area contributed by atoms with Crippen LogP contribution >= 0.6 is 11.8 Å². The molecular weight excluding hydrogens is 342 g/mol. The quantitative estimate of drug-likeness (QED) is 0.843. The molecule has 1 heterocycles. The molecule has 1 aliphatic heterocycles. The molecule has 3 nitrogen and oxygen atoms in total. The Hall–Kier alpha value is -1.92. The minimum absolute atomic E-state index is 0.0117. The number of hydrogen-bond acceptors (Lipinski definition) is 3. The third-order valence-corrected chi connectivity index (χ3v) is 5.48. The largest absolute Gasteiger partial charge is 0.340 e. The van der Waals surface area contributed by atoms with Crippen molar-refractivity contribution in [2.75, 3.05) is 13.1 Å². The third-order valence-electron chi connectivity index (χ3n) is 4.24. The molecule has 0 spiro atoms. The first kappa shape index (κ1) is 17.9. The molecule has 0 saturated carbocycles. The SMILES string of the molecule is NC1CCCN(C(=O)C(Sc2ccc(F)c(F)c2)c2ccccc2)C1. The van der Waals surface area contributed by atoms with Gasteiger partial charge in [-0.2, -0.15) is 0 Å². The molecular formula is C19H20F2N2OS. The lowest BCUT2D eigenvalue weighted by molar-refractivity contribution is -0.131. The summed E-state index contributed by atoms with van der Waals surface area (Å²) in [6.45, 7) is 1.20. The summed E-state index contributed by atoms with van der Waals surface area (Å²) >= 11 is 1.23. The molecule has 1 fully saturated rings. The van der Waals surface area contributed by atoms with Crippen LogP contribution in [0.3, 0.4) is 0 Å². The number of hydrogen-bond donors (Lipinski definition) is 1. The van der Waals surface area contributed by atoms with Gasteiger partial charge in [0.25, 0.3) is 0 Å². The average molecular weight is 362 g/mol. The molecule has 0 aromatic heterocycles. The molecule has 0 aliphatic carbocycles. The highest BCUT2D eigenvalue weighted by Crippen LogP contribution is 2.37. The average Bonchev–Trinajstić information content (AvgIpc) is 2.63. The number of rotatable bonds is 4. The van der Waals surface area contributed by atoms with Crippen molar-refractivity contribution in [2.45, 2.75) is 29.0 Å². The van der Waals surface area contributed by atoms with E-state index >= 15 is 0 Å². The molecule has 0 radical (unpaired) electrons. The number of amides is 1. The second-order valence-corrected chi connectivity index (χ2v) is 7.35. The van der Waals surface area contributed by atoms with Gasteiger partial charge in [0, 0.05) is 24.0 Å². The lowest BCUT2D eigenvalue weighted by Crippen LogP contribution is -2.47. The van der Waals surface area contributed by atoms with Gasteiger partial charge in [0.15, 0.2) is 11.6 Å². The number of halogens is 2. The summed E-state index contributed by atoms with van der Waals surface area (Å²) in [4.78, 5) is 15.4. The number of nitrogens with zero attached hydrogens (tertiary/aromatic N) is 1. The van der Waals surface area contributed by atoms with Gasteiger partial charge in [-0.05, 0) is 36.6 Å². The van der Waals surface area contributed by atoms with Crippen molar-refractivity contribution in [2.24, 2.45) is 5.73 Å². The molecule has 2 N–H and O–H groups in total. The zero-order valence-electron chi connectivity index (χ0n) is 13.7. The summed E-state index contributed by atoms with van der Waals surface area (Å²) in [6, 6.07) is 13.1. The van der Waals surface area contributed by atoms with Gasteiger partial charge in [0.05, 0.1) is 0 Å². The van der Waals surface area contributed by atoms with E-state index in [2.05, 4.69) is 0 Å². The Morgan fingerprint density at radius 3 is 2.60 bits per heavy atom. The number of piperidine rings is 1. The lowest BCUT2D eigenvalue weighted by atomic mass is 10.0. The molecule has 3 rings (SSSR count). The predicted molar refractivity (Wildman–Crippen MR) is 95.2 cm³/mol. The van der Waals surface area contributed by atoms with Crippen LogP contribution in [0.4, 0.5) is 8.78 Å². The second kappa shape index (κ2) is 7.97. The van der Waals surface area contributed by atoms with Crippen molar-refractivity contribution in [3.8, 4) is 0 Å². The van der Waals surface area contributed by atoms with E-state index in [4.69, 9.17) is 5.73 Å². The van der Waals surface area contributed by atoms with Crippen molar-refractivity contribution in [3.63, 3.8) is 0 Å². The van der Waals surface area contributed by atoms with E-state index in [0.29, 0.717) is 18.0 Å². The van der Waals surface area contributed by atoms with Crippen LogP contribution in [0.1, 0.15) is 23.7 Å². The normalized spacial score (nSPS) is 18.8. The van der Waals surface area contributed by atoms with E-state index in [9.17, 15) is 13.6 Å². The van der Waals surface area contributed by atoms with Crippen molar-refractivity contribution in [1.82, 2.24) is 4.90 Å². The summed E-state index contributed by atoms with van der Waals surface area (Å²) in [6.07, 6.45) is 1.79. The lowest BCUT2D eigenvalue weighted by Gasteiger charge is -2.33. The number of benzene rings is 2. The molecule has 0 bridgehead atoms. The molecule has 1 saturated heterocycles. The maximum absolute atomic E-state index is 13.5.